The number of carbonyl (C=O) groups excluding carboxylic acids is 2. The van der Waals surface area contributed by atoms with Crippen molar-refractivity contribution in [1.29, 1.82) is 5.26 Å². The number of rotatable bonds is 9. The van der Waals surface area contributed by atoms with Crippen LogP contribution >= 0.6 is 0 Å². The quantitative estimate of drug-likeness (QED) is 0.391. The molecule has 0 aliphatic carbocycles. The van der Waals surface area contributed by atoms with E-state index in [4.69, 9.17) is 14.7 Å². The van der Waals surface area contributed by atoms with Gasteiger partial charge < -0.3 is 14.8 Å². The fourth-order valence-corrected chi connectivity index (χ4v) is 2.87. The summed E-state index contributed by atoms with van der Waals surface area (Å²) in [5, 5.41) is 15.6. The van der Waals surface area contributed by atoms with Crippen LogP contribution in [0, 0.1) is 11.3 Å². The van der Waals surface area contributed by atoms with Crippen molar-refractivity contribution in [3.63, 3.8) is 0 Å². The molecule has 3 aromatic rings. The molecule has 0 atom stereocenters. The van der Waals surface area contributed by atoms with Gasteiger partial charge in [-0.2, -0.15) is 10.4 Å². The van der Waals surface area contributed by atoms with E-state index in [1.807, 2.05) is 18.2 Å². The second-order valence-corrected chi connectivity index (χ2v) is 6.80. The fourth-order valence-electron chi connectivity index (χ4n) is 2.87. The maximum atomic E-state index is 12.2. The second kappa shape index (κ2) is 11.7. The molecule has 0 bridgehead atoms. The lowest BCUT2D eigenvalue weighted by Crippen LogP contribution is -2.35. The lowest BCUT2D eigenvalue weighted by atomic mass is 10.1. The molecule has 2 N–H and O–H groups in total. The number of hydrogen-bond acceptors (Lipinski definition) is 6. The molecule has 0 fully saturated rings. The van der Waals surface area contributed by atoms with E-state index < -0.39 is 11.8 Å². The zero-order chi connectivity index (χ0) is 23.5. The third-order valence-electron chi connectivity index (χ3n) is 4.58. The van der Waals surface area contributed by atoms with Crippen molar-refractivity contribution >= 4 is 18.0 Å². The van der Waals surface area contributed by atoms with E-state index in [1.54, 1.807) is 54.6 Å². The average Bonchev–Trinajstić information content (AvgIpc) is 2.86. The van der Waals surface area contributed by atoms with Crippen LogP contribution in [-0.2, 0) is 11.4 Å². The number of nitrogens with one attached hydrogen (secondary N) is 2. The van der Waals surface area contributed by atoms with Crippen LogP contribution in [0.25, 0.3) is 0 Å². The molecule has 33 heavy (non-hydrogen) atoms. The van der Waals surface area contributed by atoms with Crippen LogP contribution in [-0.4, -0.2) is 31.7 Å². The molecule has 0 aromatic heterocycles. The number of amides is 2. The molecule has 8 nitrogen and oxygen atoms in total. The summed E-state index contributed by atoms with van der Waals surface area (Å²) in [6.45, 7) is 0.0545. The summed E-state index contributed by atoms with van der Waals surface area (Å²) in [6.07, 6.45) is 1.48. The van der Waals surface area contributed by atoms with E-state index in [9.17, 15) is 9.59 Å². The van der Waals surface area contributed by atoms with E-state index in [0.29, 0.717) is 22.6 Å². The van der Waals surface area contributed by atoms with Gasteiger partial charge in [0.05, 0.1) is 37.1 Å². The first-order chi connectivity index (χ1) is 16.1. The smallest absolute Gasteiger partial charge is 0.259 e. The van der Waals surface area contributed by atoms with Crippen molar-refractivity contribution in [1.82, 2.24) is 10.7 Å². The molecule has 166 valence electrons. The molecule has 8 heteroatoms. The van der Waals surface area contributed by atoms with Gasteiger partial charge in [-0.3, -0.25) is 9.59 Å². The van der Waals surface area contributed by atoms with Crippen molar-refractivity contribution in [2.45, 2.75) is 6.61 Å². The maximum absolute atomic E-state index is 12.2. The van der Waals surface area contributed by atoms with Crippen LogP contribution in [0.2, 0.25) is 0 Å². The Morgan fingerprint density at radius 2 is 1.76 bits per heavy atom. The summed E-state index contributed by atoms with van der Waals surface area (Å²) in [4.78, 5) is 24.1. The molecule has 0 radical (unpaired) electrons. The molecule has 2 amide bonds. The minimum Gasteiger partial charge on any atom is -0.496 e. The summed E-state index contributed by atoms with van der Waals surface area (Å²) in [7, 11) is 1.47. The van der Waals surface area contributed by atoms with E-state index in [0.717, 1.165) is 11.1 Å². The highest BCUT2D eigenvalue weighted by molar-refractivity contribution is 5.98. The summed E-state index contributed by atoms with van der Waals surface area (Å²) >= 11 is 0. The Kier molecular flexibility index (Phi) is 8.15. The standard InChI is InChI=1S/C25H22N4O4/c1-32-23-9-5-4-8-22(23)25(31)27-16-24(30)29-28-15-18-10-12-21(13-11-18)33-17-20-7-3-2-6-19(20)14-26/h2-13,15H,16-17H2,1H3,(H,27,31)(H,29,30). The highest BCUT2D eigenvalue weighted by Gasteiger charge is 2.12. The number of nitrogens with zero attached hydrogens (tertiary/aromatic N) is 2. The summed E-state index contributed by atoms with van der Waals surface area (Å²) < 4.78 is 10.9. The van der Waals surface area contributed by atoms with Gasteiger partial charge >= 0.3 is 0 Å². The van der Waals surface area contributed by atoms with Crippen LogP contribution in [0.1, 0.15) is 27.0 Å². The van der Waals surface area contributed by atoms with Gasteiger partial charge in [-0.15, -0.1) is 0 Å². The number of carbonyl (C=O) groups is 2. The Balaban J connectivity index is 1.45. The van der Waals surface area contributed by atoms with Gasteiger partial charge in [0.15, 0.2) is 0 Å². The molecular formula is C25H22N4O4. The zero-order valence-electron chi connectivity index (χ0n) is 17.9. The number of nitriles is 1. The van der Waals surface area contributed by atoms with Gasteiger partial charge in [0.1, 0.15) is 18.1 Å². The van der Waals surface area contributed by atoms with E-state index in [1.165, 1.54) is 13.3 Å². The average molecular weight is 442 g/mol. The number of para-hydroxylation sites is 1. The topological polar surface area (TPSA) is 113 Å². The zero-order valence-corrected chi connectivity index (χ0v) is 17.9. The lowest BCUT2D eigenvalue weighted by Gasteiger charge is -2.08. The van der Waals surface area contributed by atoms with Crippen LogP contribution in [0.4, 0.5) is 0 Å². The van der Waals surface area contributed by atoms with Crippen molar-refractivity contribution < 1.29 is 19.1 Å². The normalized spacial score (nSPS) is 10.3. The van der Waals surface area contributed by atoms with Gasteiger partial charge in [-0.05, 0) is 48.0 Å². The highest BCUT2D eigenvalue weighted by atomic mass is 16.5. The molecule has 3 rings (SSSR count). The molecule has 0 saturated heterocycles. The largest absolute Gasteiger partial charge is 0.496 e. The van der Waals surface area contributed by atoms with Crippen LogP contribution < -0.4 is 20.2 Å². The SMILES string of the molecule is COc1ccccc1C(=O)NCC(=O)NN=Cc1ccc(OCc2ccccc2C#N)cc1. The lowest BCUT2D eigenvalue weighted by molar-refractivity contribution is -0.120. The molecule has 0 unspecified atom stereocenters. The first kappa shape index (κ1) is 23.0. The number of methoxy groups -OCH3 is 1. The first-order valence-corrected chi connectivity index (χ1v) is 10.0. The summed E-state index contributed by atoms with van der Waals surface area (Å²) in [6, 6.07) is 23.3. The molecule has 0 spiro atoms. The number of hydrogen-bond donors (Lipinski definition) is 2. The summed E-state index contributed by atoms with van der Waals surface area (Å²) in [5.74, 6) is 0.184. The van der Waals surface area contributed by atoms with Gasteiger partial charge in [0.2, 0.25) is 0 Å². The molecule has 0 aliphatic heterocycles. The molecule has 0 saturated carbocycles. The predicted molar refractivity (Wildman–Crippen MR) is 123 cm³/mol. The van der Waals surface area contributed by atoms with Crippen molar-refractivity contribution in [3.8, 4) is 17.6 Å². The van der Waals surface area contributed by atoms with Crippen LogP contribution in [0.5, 0.6) is 11.5 Å². The van der Waals surface area contributed by atoms with E-state index in [-0.39, 0.29) is 13.2 Å². The Morgan fingerprint density at radius 3 is 2.52 bits per heavy atom. The van der Waals surface area contributed by atoms with E-state index >= 15 is 0 Å². The molecule has 0 aliphatic rings. The van der Waals surface area contributed by atoms with Crippen LogP contribution in [0.3, 0.4) is 0 Å². The third-order valence-corrected chi connectivity index (χ3v) is 4.58. The van der Waals surface area contributed by atoms with Crippen molar-refractivity contribution in [2.24, 2.45) is 5.10 Å². The fraction of sp³-hybridized carbons (Fsp3) is 0.120. The number of benzene rings is 3. The third kappa shape index (κ3) is 6.67. The van der Waals surface area contributed by atoms with Gasteiger partial charge in [-0.25, -0.2) is 5.43 Å². The number of ether oxygens (including phenoxy) is 2. The second-order valence-electron chi connectivity index (χ2n) is 6.80. The molecular weight excluding hydrogens is 420 g/mol. The monoisotopic (exact) mass is 442 g/mol. The first-order valence-electron chi connectivity index (χ1n) is 10.0. The minimum absolute atomic E-state index is 0.231. The van der Waals surface area contributed by atoms with Gasteiger partial charge in [-0.1, -0.05) is 30.3 Å². The minimum atomic E-state index is -0.467. The Hall–Kier alpha value is -4.64. The Morgan fingerprint density at radius 1 is 1.03 bits per heavy atom. The van der Waals surface area contributed by atoms with Crippen LogP contribution in [0.15, 0.2) is 77.9 Å². The van der Waals surface area contributed by atoms with Crippen molar-refractivity contribution in [3.05, 3.63) is 95.1 Å². The van der Waals surface area contributed by atoms with Gasteiger partial charge in [0, 0.05) is 5.56 Å². The summed E-state index contributed by atoms with van der Waals surface area (Å²) in [5.41, 5.74) is 4.84. The number of hydrazone groups is 1. The Labute approximate surface area is 191 Å². The highest BCUT2D eigenvalue weighted by Crippen LogP contribution is 2.17. The van der Waals surface area contributed by atoms with E-state index in [2.05, 4.69) is 21.9 Å². The maximum Gasteiger partial charge on any atom is 0.259 e. The van der Waals surface area contributed by atoms with Crippen molar-refractivity contribution in [2.75, 3.05) is 13.7 Å². The predicted octanol–water partition coefficient (Wildman–Crippen LogP) is 3.03. The Bertz CT molecular complexity index is 1180. The molecule has 3 aromatic carbocycles. The molecule has 0 heterocycles. The van der Waals surface area contributed by atoms with Gasteiger partial charge in [0.25, 0.3) is 11.8 Å².